The predicted octanol–water partition coefficient (Wildman–Crippen LogP) is 2.72. The molecule has 3 atom stereocenters. The van der Waals surface area contributed by atoms with Crippen LogP contribution in [0, 0.1) is 5.92 Å². The van der Waals surface area contributed by atoms with Crippen molar-refractivity contribution in [3.05, 3.63) is 0 Å². The highest BCUT2D eigenvalue weighted by Gasteiger charge is 2.24. The summed E-state index contributed by atoms with van der Waals surface area (Å²) in [6.07, 6.45) is 4.26. The first kappa shape index (κ1) is 13.9. The highest BCUT2D eigenvalue weighted by molar-refractivity contribution is 4.68. The number of rotatable bonds is 6. The Bertz CT molecular complexity index is 198. The monoisotopic (exact) mass is 230 g/mol. The van der Waals surface area contributed by atoms with Crippen molar-refractivity contribution >= 4 is 0 Å². The molecular formula is C13H26O3. The molecule has 0 radical (unpaired) electrons. The summed E-state index contributed by atoms with van der Waals surface area (Å²) >= 11 is 0. The van der Waals surface area contributed by atoms with E-state index in [4.69, 9.17) is 9.47 Å². The minimum Gasteiger partial charge on any atom is -0.390 e. The van der Waals surface area contributed by atoms with Crippen LogP contribution in [0.4, 0.5) is 0 Å². The zero-order valence-electron chi connectivity index (χ0n) is 11.0. The molecule has 0 amide bonds. The molecule has 1 aliphatic heterocycles. The van der Waals surface area contributed by atoms with Crippen LogP contribution in [0.3, 0.4) is 0 Å². The molecular weight excluding hydrogens is 204 g/mol. The molecule has 1 saturated heterocycles. The van der Waals surface area contributed by atoms with Gasteiger partial charge in [-0.15, -0.1) is 0 Å². The first-order chi connectivity index (χ1) is 7.37. The van der Waals surface area contributed by atoms with E-state index in [0.717, 1.165) is 32.3 Å². The number of hydrogen-bond acceptors (Lipinski definition) is 3. The molecule has 0 saturated carbocycles. The van der Waals surface area contributed by atoms with Crippen molar-refractivity contribution < 1.29 is 14.6 Å². The molecule has 0 spiro atoms. The third-order valence-corrected chi connectivity index (χ3v) is 2.98. The number of ether oxygens (including phenoxy) is 2. The van der Waals surface area contributed by atoms with E-state index in [1.807, 2.05) is 20.8 Å². The fraction of sp³-hybridized carbons (Fsp3) is 1.00. The van der Waals surface area contributed by atoms with Gasteiger partial charge in [0.1, 0.15) is 0 Å². The molecule has 1 N–H and O–H groups in total. The molecule has 0 unspecified atom stereocenters. The van der Waals surface area contributed by atoms with Gasteiger partial charge in [0.05, 0.1) is 18.3 Å². The van der Waals surface area contributed by atoms with Gasteiger partial charge in [-0.1, -0.05) is 19.8 Å². The van der Waals surface area contributed by atoms with E-state index in [-0.39, 0.29) is 12.4 Å². The normalized spacial score (nSPS) is 28.3. The summed E-state index contributed by atoms with van der Waals surface area (Å²) in [4.78, 5) is 0. The second-order valence-corrected chi connectivity index (χ2v) is 5.76. The fourth-order valence-electron chi connectivity index (χ4n) is 2.03. The summed E-state index contributed by atoms with van der Waals surface area (Å²) in [5, 5.41) is 9.60. The third-order valence-electron chi connectivity index (χ3n) is 2.98. The van der Waals surface area contributed by atoms with Gasteiger partial charge in [-0.2, -0.15) is 0 Å². The van der Waals surface area contributed by atoms with Crippen molar-refractivity contribution in [3.8, 4) is 0 Å². The summed E-state index contributed by atoms with van der Waals surface area (Å²) in [5.41, 5.74) is -0.533. The molecule has 0 aliphatic carbocycles. The average molecular weight is 230 g/mol. The van der Waals surface area contributed by atoms with E-state index < -0.39 is 5.60 Å². The lowest BCUT2D eigenvalue weighted by Crippen LogP contribution is -2.19. The van der Waals surface area contributed by atoms with Gasteiger partial charge >= 0.3 is 0 Å². The highest BCUT2D eigenvalue weighted by Crippen LogP contribution is 2.23. The first-order valence-electron chi connectivity index (χ1n) is 6.36. The summed E-state index contributed by atoms with van der Waals surface area (Å²) in [6, 6.07) is 0. The van der Waals surface area contributed by atoms with Crippen LogP contribution >= 0.6 is 0 Å². The smallest absolute Gasteiger partial charge is 0.158 e. The van der Waals surface area contributed by atoms with Crippen LogP contribution < -0.4 is 0 Å². The molecule has 0 aromatic carbocycles. The molecule has 1 heterocycles. The van der Waals surface area contributed by atoms with E-state index >= 15 is 0 Å². The summed E-state index contributed by atoms with van der Waals surface area (Å²) in [6.45, 7) is 8.71. The van der Waals surface area contributed by atoms with Crippen molar-refractivity contribution in [2.75, 3.05) is 6.61 Å². The first-order valence-corrected chi connectivity index (χ1v) is 6.36. The van der Waals surface area contributed by atoms with Gasteiger partial charge in [-0.3, -0.25) is 0 Å². The maximum atomic E-state index is 9.60. The molecule has 3 heteroatoms. The van der Waals surface area contributed by atoms with E-state index in [1.165, 1.54) is 0 Å². The number of aliphatic hydroxyl groups is 1. The highest BCUT2D eigenvalue weighted by atomic mass is 16.7. The fourth-order valence-corrected chi connectivity index (χ4v) is 2.03. The van der Waals surface area contributed by atoms with Gasteiger partial charge in [0.15, 0.2) is 6.29 Å². The van der Waals surface area contributed by atoms with Crippen LogP contribution in [-0.2, 0) is 9.47 Å². The maximum Gasteiger partial charge on any atom is 0.158 e. The second kappa shape index (κ2) is 5.99. The largest absolute Gasteiger partial charge is 0.390 e. The van der Waals surface area contributed by atoms with Crippen LogP contribution in [0.1, 0.15) is 53.4 Å². The zero-order valence-corrected chi connectivity index (χ0v) is 11.0. The molecule has 0 aromatic heterocycles. The molecule has 1 rings (SSSR count). The summed E-state index contributed by atoms with van der Waals surface area (Å²) in [7, 11) is 0. The predicted molar refractivity (Wildman–Crippen MR) is 64.2 cm³/mol. The Kier molecular flexibility index (Phi) is 5.22. The van der Waals surface area contributed by atoms with E-state index in [1.54, 1.807) is 0 Å². The van der Waals surface area contributed by atoms with Gasteiger partial charge in [-0.25, -0.2) is 0 Å². The average Bonchev–Trinajstić information content (AvgIpc) is 2.48. The minimum absolute atomic E-state index is 0.00728. The topological polar surface area (TPSA) is 38.7 Å². The van der Waals surface area contributed by atoms with Crippen molar-refractivity contribution in [2.24, 2.45) is 5.92 Å². The standard InChI is InChI=1S/C13H26O3/c1-10(6-5-7-13(3,4)14)8-12-15-9-11(2)16-12/h10-12,14H,5-9H2,1-4H3/t10-,11-,12-/m0/s1. The Balaban J connectivity index is 2.09. The SMILES string of the molecule is C[C@@H](CCCC(C)(C)O)C[C@H]1OC[C@H](C)O1. The van der Waals surface area contributed by atoms with Crippen LogP contribution in [-0.4, -0.2) is 29.7 Å². The van der Waals surface area contributed by atoms with Crippen LogP contribution in [0.5, 0.6) is 0 Å². The Morgan fingerprint density at radius 2 is 2.12 bits per heavy atom. The Labute approximate surface area is 99.1 Å². The van der Waals surface area contributed by atoms with Gasteiger partial charge in [0, 0.05) is 6.42 Å². The van der Waals surface area contributed by atoms with Gasteiger partial charge in [-0.05, 0) is 33.1 Å². The molecule has 1 aliphatic rings. The van der Waals surface area contributed by atoms with Gasteiger partial charge < -0.3 is 14.6 Å². The van der Waals surface area contributed by atoms with E-state index in [2.05, 4.69) is 6.92 Å². The maximum absolute atomic E-state index is 9.60. The van der Waals surface area contributed by atoms with Crippen LogP contribution in [0.2, 0.25) is 0 Å². The third kappa shape index (κ3) is 5.83. The van der Waals surface area contributed by atoms with Gasteiger partial charge in [0.2, 0.25) is 0 Å². The molecule has 3 nitrogen and oxygen atoms in total. The number of hydrogen-bond donors (Lipinski definition) is 1. The van der Waals surface area contributed by atoms with Crippen molar-refractivity contribution in [1.82, 2.24) is 0 Å². The van der Waals surface area contributed by atoms with Crippen LogP contribution in [0.15, 0.2) is 0 Å². The van der Waals surface area contributed by atoms with Gasteiger partial charge in [0.25, 0.3) is 0 Å². The Morgan fingerprint density at radius 3 is 2.62 bits per heavy atom. The van der Waals surface area contributed by atoms with Crippen molar-refractivity contribution in [1.29, 1.82) is 0 Å². The molecule has 0 aromatic rings. The minimum atomic E-state index is -0.533. The quantitative estimate of drug-likeness (QED) is 0.762. The van der Waals surface area contributed by atoms with Crippen molar-refractivity contribution in [2.45, 2.75) is 71.4 Å². The van der Waals surface area contributed by atoms with Crippen LogP contribution in [0.25, 0.3) is 0 Å². The zero-order chi connectivity index (χ0) is 12.2. The van der Waals surface area contributed by atoms with E-state index in [9.17, 15) is 5.11 Å². The summed E-state index contributed by atoms with van der Waals surface area (Å²) in [5.74, 6) is 0.595. The lowest BCUT2D eigenvalue weighted by atomic mass is 9.95. The summed E-state index contributed by atoms with van der Waals surface area (Å²) < 4.78 is 11.1. The molecule has 0 bridgehead atoms. The lowest BCUT2D eigenvalue weighted by molar-refractivity contribution is -0.0683. The Morgan fingerprint density at radius 1 is 1.44 bits per heavy atom. The second-order valence-electron chi connectivity index (χ2n) is 5.76. The van der Waals surface area contributed by atoms with E-state index in [0.29, 0.717) is 5.92 Å². The Hall–Kier alpha value is -0.120. The molecule has 96 valence electrons. The lowest BCUT2D eigenvalue weighted by Gasteiger charge is -2.19. The molecule has 1 fully saturated rings. The van der Waals surface area contributed by atoms with Crippen molar-refractivity contribution in [3.63, 3.8) is 0 Å². The molecule has 16 heavy (non-hydrogen) atoms.